The summed E-state index contributed by atoms with van der Waals surface area (Å²) in [4.78, 5) is 12.8. The molecule has 0 unspecified atom stereocenters. The van der Waals surface area contributed by atoms with Crippen LogP contribution in [0.2, 0.25) is 0 Å². The van der Waals surface area contributed by atoms with Crippen molar-refractivity contribution in [3.63, 3.8) is 0 Å². The van der Waals surface area contributed by atoms with Gasteiger partial charge in [-0.2, -0.15) is 0 Å². The fraction of sp³-hybridized carbons (Fsp3) is 0.250. The SMILES string of the molecule is CNCc1cnc(-c2cnccc2C)nc1. The summed E-state index contributed by atoms with van der Waals surface area (Å²) in [7, 11) is 1.90. The van der Waals surface area contributed by atoms with Gasteiger partial charge in [-0.25, -0.2) is 9.97 Å². The van der Waals surface area contributed by atoms with Gasteiger partial charge < -0.3 is 5.32 Å². The maximum absolute atomic E-state index is 4.34. The van der Waals surface area contributed by atoms with Gasteiger partial charge in [-0.1, -0.05) is 0 Å². The monoisotopic (exact) mass is 214 g/mol. The zero-order valence-electron chi connectivity index (χ0n) is 9.44. The highest BCUT2D eigenvalue weighted by molar-refractivity contribution is 5.57. The van der Waals surface area contributed by atoms with E-state index in [0.29, 0.717) is 0 Å². The zero-order valence-corrected chi connectivity index (χ0v) is 9.44. The van der Waals surface area contributed by atoms with Gasteiger partial charge in [0, 0.05) is 42.5 Å². The fourth-order valence-corrected chi connectivity index (χ4v) is 1.49. The first-order valence-electron chi connectivity index (χ1n) is 5.18. The summed E-state index contributed by atoms with van der Waals surface area (Å²) in [5.41, 5.74) is 3.20. The van der Waals surface area contributed by atoms with Crippen molar-refractivity contribution in [2.24, 2.45) is 0 Å². The highest BCUT2D eigenvalue weighted by Gasteiger charge is 2.04. The molecule has 0 atom stereocenters. The smallest absolute Gasteiger partial charge is 0.160 e. The summed E-state index contributed by atoms with van der Waals surface area (Å²) in [6.07, 6.45) is 7.24. The van der Waals surface area contributed by atoms with Crippen LogP contribution in [0, 0.1) is 6.92 Å². The van der Waals surface area contributed by atoms with Gasteiger partial charge >= 0.3 is 0 Å². The third kappa shape index (κ3) is 2.23. The summed E-state index contributed by atoms with van der Waals surface area (Å²) in [5.74, 6) is 0.727. The molecule has 0 aliphatic heterocycles. The van der Waals surface area contributed by atoms with Crippen LogP contribution in [0.25, 0.3) is 11.4 Å². The second kappa shape index (κ2) is 4.81. The molecule has 0 bridgehead atoms. The molecule has 82 valence electrons. The van der Waals surface area contributed by atoms with E-state index in [-0.39, 0.29) is 0 Å². The van der Waals surface area contributed by atoms with E-state index in [0.717, 1.165) is 29.1 Å². The predicted octanol–water partition coefficient (Wildman–Crippen LogP) is 1.57. The van der Waals surface area contributed by atoms with Crippen molar-refractivity contribution in [2.75, 3.05) is 7.05 Å². The van der Waals surface area contributed by atoms with Gasteiger partial charge in [0.25, 0.3) is 0 Å². The minimum absolute atomic E-state index is 0.727. The van der Waals surface area contributed by atoms with Crippen molar-refractivity contribution in [2.45, 2.75) is 13.5 Å². The van der Waals surface area contributed by atoms with E-state index in [4.69, 9.17) is 0 Å². The van der Waals surface area contributed by atoms with Gasteiger partial charge in [-0.05, 0) is 25.6 Å². The van der Waals surface area contributed by atoms with Gasteiger partial charge in [0.15, 0.2) is 5.82 Å². The van der Waals surface area contributed by atoms with Crippen molar-refractivity contribution in [1.29, 1.82) is 0 Å². The lowest BCUT2D eigenvalue weighted by atomic mass is 10.1. The average Bonchev–Trinajstić information content (AvgIpc) is 2.31. The number of hydrogen-bond donors (Lipinski definition) is 1. The standard InChI is InChI=1S/C12H14N4/c1-9-3-4-14-8-11(9)12-15-6-10(5-13-2)7-16-12/h3-4,6-8,13H,5H2,1-2H3. The van der Waals surface area contributed by atoms with Crippen LogP contribution in [-0.4, -0.2) is 22.0 Å². The van der Waals surface area contributed by atoms with Crippen molar-refractivity contribution in [3.05, 3.63) is 42.0 Å². The molecule has 0 radical (unpaired) electrons. The molecular formula is C12H14N4. The maximum atomic E-state index is 4.34. The molecule has 0 aliphatic carbocycles. The topological polar surface area (TPSA) is 50.7 Å². The molecule has 0 saturated carbocycles. The minimum atomic E-state index is 0.727. The normalized spacial score (nSPS) is 10.4. The Morgan fingerprint density at radius 3 is 2.56 bits per heavy atom. The number of hydrogen-bond acceptors (Lipinski definition) is 4. The summed E-state index contributed by atoms with van der Waals surface area (Å²) < 4.78 is 0. The molecule has 0 aromatic carbocycles. The Labute approximate surface area is 94.8 Å². The lowest BCUT2D eigenvalue weighted by molar-refractivity contribution is 0.807. The van der Waals surface area contributed by atoms with E-state index in [1.807, 2.05) is 32.4 Å². The van der Waals surface area contributed by atoms with Crippen LogP contribution in [0.15, 0.2) is 30.9 Å². The zero-order chi connectivity index (χ0) is 11.4. The lowest BCUT2D eigenvalue weighted by Crippen LogP contribution is -2.06. The third-order valence-electron chi connectivity index (χ3n) is 2.37. The van der Waals surface area contributed by atoms with Crippen molar-refractivity contribution < 1.29 is 0 Å². The molecule has 2 aromatic rings. The molecule has 0 saturated heterocycles. The van der Waals surface area contributed by atoms with E-state index in [2.05, 4.69) is 20.3 Å². The lowest BCUT2D eigenvalue weighted by Gasteiger charge is -2.04. The molecule has 0 amide bonds. The van der Waals surface area contributed by atoms with Crippen molar-refractivity contribution in [1.82, 2.24) is 20.3 Å². The number of pyridine rings is 1. The summed E-state index contributed by atoms with van der Waals surface area (Å²) in [6, 6.07) is 1.96. The summed E-state index contributed by atoms with van der Waals surface area (Å²) in [5, 5.41) is 3.06. The minimum Gasteiger partial charge on any atom is -0.316 e. The highest BCUT2D eigenvalue weighted by Crippen LogP contribution is 2.17. The van der Waals surface area contributed by atoms with Gasteiger partial charge in [0.1, 0.15) is 0 Å². The molecule has 2 rings (SSSR count). The number of nitrogens with zero attached hydrogens (tertiary/aromatic N) is 3. The Balaban J connectivity index is 2.31. The van der Waals surface area contributed by atoms with Gasteiger partial charge in [-0.3, -0.25) is 4.98 Å². The quantitative estimate of drug-likeness (QED) is 0.842. The van der Waals surface area contributed by atoms with E-state index in [9.17, 15) is 0 Å². The Morgan fingerprint density at radius 2 is 1.94 bits per heavy atom. The van der Waals surface area contributed by atoms with E-state index < -0.39 is 0 Å². The molecule has 4 heteroatoms. The molecule has 1 N–H and O–H groups in total. The highest BCUT2D eigenvalue weighted by atomic mass is 14.9. The molecule has 0 aliphatic rings. The molecule has 0 spiro atoms. The van der Waals surface area contributed by atoms with Crippen LogP contribution in [0.3, 0.4) is 0 Å². The third-order valence-corrected chi connectivity index (χ3v) is 2.37. The number of nitrogens with one attached hydrogen (secondary N) is 1. The Morgan fingerprint density at radius 1 is 1.19 bits per heavy atom. The fourth-order valence-electron chi connectivity index (χ4n) is 1.49. The van der Waals surface area contributed by atoms with E-state index >= 15 is 0 Å². The molecule has 2 aromatic heterocycles. The maximum Gasteiger partial charge on any atom is 0.160 e. The average molecular weight is 214 g/mol. The van der Waals surface area contributed by atoms with Gasteiger partial charge in [-0.15, -0.1) is 0 Å². The van der Waals surface area contributed by atoms with E-state index in [1.54, 1.807) is 12.4 Å². The first-order valence-corrected chi connectivity index (χ1v) is 5.18. The van der Waals surface area contributed by atoms with E-state index in [1.165, 1.54) is 0 Å². The van der Waals surface area contributed by atoms with Crippen LogP contribution >= 0.6 is 0 Å². The molecule has 0 fully saturated rings. The van der Waals surface area contributed by atoms with Crippen molar-refractivity contribution in [3.8, 4) is 11.4 Å². The van der Waals surface area contributed by atoms with Gasteiger partial charge in [0.05, 0.1) is 0 Å². The van der Waals surface area contributed by atoms with Crippen LogP contribution in [0.5, 0.6) is 0 Å². The number of rotatable bonds is 3. The van der Waals surface area contributed by atoms with Crippen LogP contribution in [0.1, 0.15) is 11.1 Å². The summed E-state index contributed by atoms with van der Waals surface area (Å²) in [6.45, 7) is 2.81. The molecular weight excluding hydrogens is 200 g/mol. The largest absolute Gasteiger partial charge is 0.316 e. The molecule has 4 nitrogen and oxygen atoms in total. The Hall–Kier alpha value is -1.81. The van der Waals surface area contributed by atoms with Crippen LogP contribution in [0.4, 0.5) is 0 Å². The second-order valence-corrected chi connectivity index (χ2v) is 3.64. The second-order valence-electron chi connectivity index (χ2n) is 3.64. The Bertz CT molecular complexity index is 465. The predicted molar refractivity (Wildman–Crippen MR) is 62.8 cm³/mol. The van der Waals surface area contributed by atoms with Crippen molar-refractivity contribution >= 4 is 0 Å². The first kappa shape index (κ1) is 10.7. The molecule has 16 heavy (non-hydrogen) atoms. The van der Waals surface area contributed by atoms with Crippen LogP contribution < -0.4 is 5.32 Å². The van der Waals surface area contributed by atoms with Gasteiger partial charge in [0.2, 0.25) is 0 Å². The van der Waals surface area contributed by atoms with Crippen LogP contribution in [-0.2, 0) is 6.54 Å². The molecule has 2 heterocycles. The Kier molecular flexibility index (Phi) is 3.22. The first-order chi connectivity index (χ1) is 7.81. The summed E-state index contributed by atoms with van der Waals surface area (Å²) >= 11 is 0. The number of aryl methyl sites for hydroxylation is 1. The number of aromatic nitrogens is 3.